The topological polar surface area (TPSA) is 52.7 Å². The Bertz CT molecular complexity index is 618. The molecule has 1 N–H and O–H groups in total. The molecule has 1 aromatic rings. The van der Waals surface area contributed by atoms with E-state index in [0.717, 1.165) is 44.7 Å². The van der Waals surface area contributed by atoms with Crippen molar-refractivity contribution in [3.63, 3.8) is 0 Å². The highest BCUT2D eigenvalue weighted by Gasteiger charge is 2.27. The van der Waals surface area contributed by atoms with Gasteiger partial charge in [-0.3, -0.25) is 14.5 Å². The second-order valence-corrected chi connectivity index (χ2v) is 8.31. The molecule has 0 spiro atoms. The summed E-state index contributed by atoms with van der Waals surface area (Å²) >= 11 is 0. The van der Waals surface area contributed by atoms with Gasteiger partial charge in [0.2, 0.25) is 5.91 Å². The molecule has 1 saturated carbocycles. The van der Waals surface area contributed by atoms with Crippen LogP contribution in [0.1, 0.15) is 55.8 Å². The van der Waals surface area contributed by atoms with Crippen molar-refractivity contribution in [2.45, 2.75) is 57.5 Å². The van der Waals surface area contributed by atoms with Gasteiger partial charge in [0, 0.05) is 37.8 Å². The number of piperidine rings is 1. The van der Waals surface area contributed by atoms with Crippen LogP contribution in [0, 0.1) is 5.92 Å². The molecular formula is C22H33N3O2. The molecule has 0 aromatic heterocycles. The first-order valence-electron chi connectivity index (χ1n) is 10.4. The molecule has 27 heavy (non-hydrogen) atoms. The van der Waals surface area contributed by atoms with Crippen LogP contribution >= 0.6 is 0 Å². The van der Waals surface area contributed by atoms with Crippen molar-refractivity contribution in [1.82, 2.24) is 15.1 Å². The zero-order chi connectivity index (χ0) is 19.2. The number of carbonyl (C=O) groups excluding carboxylic acids is 2. The third-order valence-corrected chi connectivity index (χ3v) is 6.24. The van der Waals surface area contributed by atoms with E-state index in [1.807, 2.05) is 42.3 Å². The number of rotatable bonds is 5. The van der Waals surface area contributed by atoms with Gasteiger partial charge < -0.3 is 10.2 Å². The monoisotopic (exact) mass is 371 g/mol. The Morgan fingerprint density at radius 2 is 1.67 bits per heavy atom. The van der Waals surface area contributed by atoms with Gasteiger partial charge in [0.1, 0.15) is 0 Å². The third kappa shape index (κ3) is 5.55. The summed E-state index contributed by atoms with van der Waals surface area (Å²) in [5.41, 5.74) is 0.707. The summed E-state index contributed by atoms with van der Waals surface area (Å²) < 4.78 is 0. The molecule has 5 nitrogen and oxygen atoms in total. The molecule has 1 aliphatic carbocycles. The van der Waals surface area contributed by atoms with Crippen LogP contribution < -0.4 is 5.32 Å². The molecule has 5 heteroatoms. The molecule has 0 unspecified atom stereocenters. The molecule has 3 rings (SSSR count). The van der Waals surface area contributed by atoms with Crippen LogP contribution in [0.3, 0.4) is 0 Å². The average Bonchev–Trinajstić information content (AvgIpc) is 2.70. The maximum Gasteiger partial charge on any atom is 0.251 e. The number of hydrogen-bond donors (Lipinski definition) is 1. The van der Waals surface area contributed by atoms with Gasteiger partial charge in [-0.05, 0) is 56.6 Å². The molecule has 2 fully saturated rings. The van der Waals surface area contributed by atoms with Gasteiger partial charge in [-0.2, -0.15) is 0 Å². The lowest BCUT2D eigenvalue weighted by molar-refractivity contribution is -0.134. The van der Waals surface area contributed by atoms with Gasteiger partial charge in [-0.15, -0.1) is 0 Å². The predicted octanol–water partition coefficient (Wildman–Crippen LogP) is 2.92. The number of likely N-dealkylation sites (tertiary alicyclic amines) is 1. The van der Waals surface area contributed by atoms with E-state index in [9.17, 15) is 9.59 Å². The Kier molecular flexibility index (Phi) is 6.89. The number of likely N-dealkylation sites (N-methyl/N-ethyl adjacent to an activating group) is 1. The van der Waals surface area contributed by atoms with E-state index in [-0.39, 0.29) is 17.9 Å². The molecule has 1 heterocycles. The van der Waals surface area contributed by atoms with Gasteiger partial charge in [0.15, 0.2) is 0 Å². The van der Waals surface area contributed by atoms with Crippen LogP contribution in [0.15, 0.2) is 30.3 Å². The first-order valence-corrected chi connectivity index (χ1v) is 10.4. The quantitative estimate of drug-likeness (QED) is 0.866. The minimum absolute atomic E-state index is 0.00335. The summed E-state index contributed by atoms with van der Waals surface area (Å²) in [5.74, 6) is 1.03. The minimum atomic E-state index is -0.00335. The lowest BCUT2D eigenvalue weighted by Crippen LogP contribution is -2.49. The van der Waals surface area contributed by atoms with Gasteiger partial charge in [0.25, 0.3) is 5.91 Å². The van der Waals surface area contributed by atoms with E-state index in [1.165, 1.54) is 12.8 Å². The fourth-order valence-corrected chi connectivity index (χ4v) is 4.23. The van der Waals surface area contributed by atoms with E-state index in [0.29, 0.717) is 18.2 Å². The molecule has 1 saturated heterocycles. The van der Waals surface area contributed by atoms with E-state index in [1.54, 1.807) is 0 Å². The van der Waals surface area contributed by atoms with E-state index >= 15 is 0 Å². The van der Waals surface area contributed by atoms with E-state index in [2.05, 4.69) is 17.1 Å². The normalized spacial score (nSPS) is 24.4. The SMILES string of the molecule is CC1CCC(N(C)C(=O)CN2CCC(NC(=O)c3ccccc3)CC2)CC1. The fraction of sp³-hybridized carbons (Fsp3) is 0.636. The second kappa shape index (κ2) is 9.36. The van der Waals surface area contributed by atoms with Crippen molar-refractivity contribution < 1.29 is 9.59 Å². The van der Waals surface area contributed by atoms with Crippen molar-refractivity contribution in [1.29, 1.82) is 0 Å². The van der Waals surface area contributed by atoms with Crippen molar-refractivity contribution in [3.8, 4) is 0 Å². The summed E-state index contributed by atoms with van der Waals surface area (Å²) in [6.45, 7) is 4.53. The van der Waals surface area contributed by atoms with E-state index in [4.69, 9.17) is 0 Å². The van der Waals surface area contributed by atoms with Crippen LogP contribution in [0.5, 0.6) is 0 Å². The van der Waals surface area contributed by atoms with Crippen LogP contribution in [0.25, 0.3) is 0 Å². The molecule has 2 amide bonds. The number of carbonyl (C=O) groups is 2. The van der Waals surface area contributed by atoms with Crippen LogP contribution in [0.2, 0.25) is 0 Å². The molecule has 1 aromatic carbocycles. The average molecular weight is 372 g/mol. The number of amides is 2. The van der Waals surface area contributed by atoms with Crippen molar-refractivity contribution in [2.24, 2.45) is 5.92 Å². The highest BCUT2D eigenvalue weighted by Crippen LogP contribution is 2.26. The number of hydrogen-bond acceptors (Lipinski definition) is 3. The maximum absolute atomic E-state index is 12.7. The number of benzene rings is 1. The smallest absolute Gasteiger partial charge is 0.251 e. The molecular weight excluding hydrogens is 338 g/mol. The Morgan fingerprint density at radius 3 is 2.30 bits per heavy atom. The lowest BCUT2D eigenvalue weighted by Gasteiger charge is -2.36. The third-order valence-electron chi connectivity index (χ3n) is 6.24. The highest BCUT2D eigenvalue weighted by molar-refractivity contribution is 5.94. The Labute approximate surface area is 163 Å². The van der Waals surface area contributed by atoms with Crippen LogP contribution in [-0.4, -0.2) is 60.4 Å². The molecule has 2 aliphatic rings. The largest absolute Gasteiger partial charge is 0.349 e. The van der Waals surface area contributed by atoms with Gasteiger partial charge >= 0.3 is 0 Å². The molecule has 148 valence electrons. The minimum Gasteiger partial charge on any atom is -0.349 e. The number of nitrogens with one attached hydrogen (secondary N) is 1. The zero-order valence-electron chi connectivity index (χ0n) is 16.7. The maximum atomic E-state index is 12.7. The lowest BCUT2D eigenvalue weighted by atomic mass is 9.87. The first kappa shape index (κ1) is 19.9. The Morgan fingerprint density at radius 1 is 1.04 bits per heavy atom. The zero-order valence-corrected chi connectivity index (χ0v) is 16.7. The summed E-state index contributed by atoms with van der Waals surface area (Å²) in [5, 5.41) is 3.13. The van der Waals surface area contributed by atoms with Crippen molar-refractivity contribution in [2.75, 3.05) is 26.7 Å². The molecule has 0 radical (unpaired) electrons. The Hall–Kier alpha value is -1.88. The summed E-state index contributed by atoms with van der Waals surface area (Å²) in [7, 11) is 1.97. The van der Waals surface area contributed by atoms with E-state index < -0.39 is 0 Å². The van der Waals surface area contributed by atoms with Gasteiger partial charge in [-0.1, -0.05) is 25.1 Å². The molecule has 0 atom stereocenters. The van der Waals surface area contributed by atoms with Crippen molar-refractivity contribution >= 4 is 11.8 Å². The number of nitrogens with zero attached hydrogens (tertiary/aromatic N) is 2. The first-order chi connectivity index (χ1) is 13.0. The standard InChI is InChI=1S/C22H33N3O2/c1-17-8-10-20(11-9-17)24(2)21(26)16-25-14-12-19(13-15-25)23-22(27)18-6-4-3-5-7-18/h3-7,17,19-20H,8-16H2,1-2H3,(H,23,27). The van der Waals surface area contributed by atoms with Crippen LogP contribution in [0.4, 0.5) is 0 Å². The molecule has 0 bridgehead atoms. The summed E-state index contributed by atoms with van der Waals surface area (Å²) in [4.78, 5) is 29.1. The summed E-state index contributed by atoms with van der Waals surface area (Å²) in [6.07, 6.45) is 6.53. The second-order valence-electron chi connectivity index (χ2n) is 8.31. The fourth-order valence-electron chi connectivity index (χ4n) is 4.23. The summed E-state index contributed by atoms with van der Waals surface area (Å²) in [6, 6.07) is 9.96. The van der Waals surface area contributed by atoms with Crippen molar-refractivity contribution in [3.05, 3.63) is 35.9 Å². The van der Waals surface area contributed by atoms with Gasteiger partial charge in [-0.25, -0.2) is 0 Å². The molecule has 1 aliphatic heterocycles. The predicted molar refractivity (Wildman–Crippen MR) is 108 cm³/mol. The van der Waals surface area contributed by atoms with Crippen LogP contribution in [-0.2, 0) is 4.79 Å². The van der Waals surface area contributed by atoms with Gasteiger partial charge in [0.05, 0.1) is 6.54 Å². The Balaban J connectivity index is 1.40. The highest BCUT2D eigenvalue weighted by atomic mass is 16.2.